The van der Waals surface area contributed by atoms with Crippen molar-refractivity contribution < 1.29 is 14.3 Å². The lowest BCUT2D eigenvalue weighted by Crippen LogP contribution is -2.42. The number of anilines is 1. The number of likely N-dealkylation sites (tertiary alicyclic amines) is 1. The third-order valence-electron chi connectivity index (χ3n) is 4.36. The number of piperidine rings is 1. The van der Waals surface area contributed by atoms with Gasteiger partial charge in [-0.3, -0.25) is 4.79 Å². The number of carbonyl (C=O) groups is 1. The highest BCUT2D eigenvalue weighted by Crippen LogP contribution is 2.31. The minimum atomic E-state index is 0.212. The van der Waals surface area contributed by atoms with Gasteiger partial charge in [0.05, 0.1) is 19.9 Å². The first-order valence-corrected chi connectivity index (χ1v) is 7.86. The molecule has 5 nitrogen and oxygen atoms in total. The van der Waals surface area contributed by atoms with Gasteiger partial charge < -0.3 is 20.1 Å². The quantitative estimate of drug-likeness (QED) is 0.849. The number of nitrogen functional groups attached to an aromatic ring is 1. The van der Waals surface area contributed by atoms with Crippen LogP contribution in [0.25, 0.3) is 0 Å². The maximum Gasteiger partial charge on any atom is 0.223 e. The third kappa shape index (κ3) is 3.64. The van der Waals surface area contributed by atoms with E-state index in [0.717, 1.165) is 24.9 Å². The number of amides is 1. The maximum absolute atomic E-state index is 12.4. The summed E-state index contributed by atoms with van der Waals surface area (Å²) in [6.07, 6.45) is 4.53. The lowest BCUT2D eigenvalue weighted by Gasteiger charge is -2.33. The van der Waals surface area contributed by atoms with Crippen LogP contribution >= 0.6 is 0 Å². The SMILES string of the molecule is COc1cc(OC)c(CCC(=O)N2CCCCC2C)cc1N. The molecule has 1 heterocycles. The van der Waals surface area contributed by atoms with E-state index in [9.17, 15) is 4.79 Å². The Bertz CT molecular complexity index is 531. The molecule has 22 heavy (non-hydrogen) atoms. The zero-order valence-corrected chi connectivity index (χ0v) is 13.7. The molecule has 2 rings (SSSR count). The van der Waals surface area contributed by atoms with Gasteiger partial charge in [-0.1, -0.05) is 0 Å². The van der Waals surface area contributed by atoms with E-state index >= 15 is 0 Å². The molecule has 1 amide bonds. The molecule has 1 aromatic rings. The van der Waals surface area contributed by atoms with Crippen LogP contribution in [0.5, 0.6) is 11.5 Å². The molecule has 0 saturated carbocycles. The maximum atomic E-state index is 12.4. The van der Waals surface area contributed by atoms with E-state index in [1.165, 1.54) is 6.42 Å². The first-order valence-electron chi connectivity index (χ1n) is 7.86. The summed E-state index contributed by atoms with van der Waals surface area (Å²) in [4.78, 5) is 14.4. The first kappa shape index (κ1) is 16.5. The van der Waals surface area contributed by atoms with Crippen molar-refractivity contribution in [3.8, 4) is 11.5 Å². The molecule has 0 aliphatic carbocycles. The molecule has 2 N–H and O–H groups in total. The van der Waals surface area contributed by atoms with Crippen molar-refractivity contribution in [2.24, 2.45) is 0 Å². The Morgan fingerprint density at radius 3 is 2.64 bits per heavy atom. The first-order chi connectivity index (χ1) is 10.6. The topological polar surface area (TPSA) is 64.8 Å². The van der Waals surface area contributed by atoms with Crippen molar-refractivity contribution >= 4 is 11.6 Å². The number of hydrogen-bond donors (Lipinski definition) is 1. The predicted octanol–water partition coefficient (Wildman–Crippen LogP) is 2.62. The van der Waals surface area contributed by atoms with E-state index in [-0.39, 0.29) is 5.91 Å². The van der Waals surface area contributed by atoms with Gasteiger partial charge in [0.25, 0.3) is 0 Å². The summed E-state index contributed by atoms with van der Waals surface area (Å²) in [5.41, 5.74) is 7.46. The van der Waals surface area contributed by atoms with E-state index in [0.29, 0.717) is 36.1 Å². The number of aryl methyl sites for hydroxylation is 1. The molecule has 0 radical (unpaired) electrons. The van der Waals surface area contributed by atoms with Gasteiger partial charge >= 0.3 is 0 Å². The van der Waals surface area contributed by atoms with Crippen LogP contribution in [0.1, 0.15) is 38.2 Å². The predicted molar refractivity (Wildman–Crippen MR) is 87.3 cm³/mol. The molecule has 0 aromatic heterocycles. The molecule has 5 heteroatoms. The number of carbonyl (C=O) groups excluding carboxylic acids is 1. The number of methoxy groups -OCH3 is 2. The van der Waals surface area contributed by atoms with Crippen LogP contribution < -0.4 is 15.2 Å². The van der Waals surface area contributed by atoms with Crippen molar-refractivity contribution in [3.05, 3.63) is 17.7 Å². The second-order valence-electron chi connectivity index (χ2n) is 5.84. The minimum Gasteiger partial charge on any atom is -0.496 e. The number of hydrogen-bond acceptors (Lipinski definition) is 4. The molecule has 0 bridgehead atoms. The largest absolute Gasteiger partial charge is 0.496 e. The smallest absolute Gasteiger partial charge is 0.223 e. The fourth-order valence-electron chi connectivity index (χ4n) is 3.04. The number of ether oxygens (including phenoxy) is 2. The average Bonchev–Trinajstić information content (AvgIpc) is 2.53. The van der Waals surface area contributed by atoms with Crippen molar-refractivity contribution in [2.45, 2.75) is 45.1 Å². The van der Waals surface area contributed by atoms with Crippen molar-refractivity contribution in [3.63, 3.8) is 0 Å². The highest BCUT2D eigenvalue weighted by Gasteiger charge is 2.23. The van der Waals surface area contributed by atoms with Crippen LogP contribution in [0.15, 0.2) is 12.1 Å². The van der Waals surface area contributed by atoms with E-state index in [2.05, 4.69) is 6.92 Å². The van der Waals surface area contributed by atoms with Crippen LogP contribution in [0.3, 0.4) is 0 Å². The average molecular weight is 306 g/mol. The van der Waals surface area contributed by atoms with Crippen LogP contribution in [0, 0.1) is 0 Å². The fourth-order valence-corrected chi connectivity index (χ4v) is 3.04. The van der Waals surface area contributed by atoms with Gasteiger partial charge in [0, 0.05) is 25.1 Å². The summed E-state index contributed by atoms with van der Waals surface area (Å²) in [7, 11) is 3.19. The summed E-state index contributed by atoms with van der Waals surface area (Å²) >= 11 is 0. The van der Waals surface area contributed by atoms with E-state index in [1.807, 2.05) is 11.0 Å². The van der Waals surface area contributed by atoms with Gasteiger partial charge in [0.2, 0.25) is 5.91 Å². The Labute approximate surface area is 132 Å². The molecule has 1 aliphatic heterocycles. The lowest BCUT2D eigenvalue weighted by molar-refractivity contribution is -0.134. The molecule has 1 unspecified atom stereocenters. The molecule has 1 atom stereocenters. The summed E-state index contributed by atoms with van der Waals surface area (Å²) in [6, 6.07) is 3.97. The zero-order chi connectivity index (χ0) is 16.1. The molecule has 122 valence electrons. The Morgan fingerprint density at radius 2 is 2.00 bits per heavy atom. The zero-order valence-electron chi connectivity index (χ0n) is 13.7. The second kappa shape index (κ2) is 7.38. The van der Waals surface area contributed by atoms with E-state index in [4.69, 9.17) is 15.2 Å². The Hall–Kier alpha value is -1.91. The van der Waals surface area contributed by atoms with Crippen LogP contribution in [-0.2, 0) is 11.2 Å². The van der Waals surface area contributed by atoms with Gasteiger partial charge in [0.1, 0.15) is 11.5 Å². The summed E-state index contributed by atoms with van der Waals surface area (Å²) < 4.78 is 10.6. The van der Waals surface area contributed by atoms with Crippen molar-refractivity contribution in [1.82, 2.24) is 4.90 Å². The summed E-state index contributed by atoms with van der Waals surface area (Å²) in [5.74, 6) is 1.52. The molecular weight excluding hydrogens is 280 g/mol. The van der Waals surface area contributed by atoms with Crippen LogP contribution in [0.2, 0.25) is 0 Å². The van der Waals surface area contributed by atoms with Crippen LogP contribution in [0.4, 0.5) is 5.69 Å². The standard InChI is InChI=1S/C17H26N2O3/c1-12-6-4-5-9-19(12)17(20)8-7-13-10-14(18)16(22-3)11-15(13)21-2/h10-12H,4-9,18H2,1-3H3. The molecule has 1 fully saturated rings. The Balaban J connectivity index is 2.04. The van der Waals surface area contributed by atoms with E-state index < -0.39 is 0 Å². The number of benzene rings is 1. The van der Waals surface area contributed by atoms with Crippen LogP contribution in [-0.4, -0.2) is 37.6 Å². The second-order valence-corrected chi connectivity index (χ2v) is 5.84. The minimum absolute atomic E-state index is 0.212. The normalized spacial score (nSPS) is 18.1. The van der Waals surface area contributed by atoms with Gasteiger partial charge in [-0.25, -0.2) is 0 Å². The van der Waals surface area contributed by atoms with Crippen molar-refractivity contribution in [1.29, 1.82) is 0 Å². The van der Waals surface area contributed by atoms with E-state index in [1.54, 1.807) is 20.3 Å². The Kier molecular flexibility index (Phi) is 5.52. The Morgan fingerprint density at radius 1 is 1.27 bits per heavy atom. The number of nitrogens with zero attached hydrogens (tertiary/aromatic N) is 1. The lowest BCUT2D eigenvalue weighted by atomic mass is 10.0. The number of rotatable bonds is 5. The molecule has 0 spiro atoms. The monoisotopic (exact) mass is 306 g/mol. The van der Waals surface area contributed by atoms with Crippen molar-refractivity contribution in [2.75, 3.05) is 26.5 Å². The molecule has 1 aliphatic rings. The summed E-state index contributed by atoms with van der Waals surface area (Å²) in [6.45, 7) is 3.00. The fraction of sp³-hybridized carbons (Fsp3) is 0.588. The molecule has 1 saturated heterocycles. The molecular formula is C17H26N2O3. The van der Waals surface area contributed by atoms with Gasteiger partial charge in [-0.05, 0) is 44.2 Å². The third-order valence-corrected chi connectivity index (χ3v) is 4.36. The van der Waals surface area contributed by atoms with Gasteiger partial charge in [-0.2, -0.15) is 0 Å². The highest BCUT2D eigenvalue weighted by molar-refractivity contribution is 5.77. The molecule has 1 aromatic carbocycles. The number of nitrogens with two attached hydrogens (primary N) is 1. The van der Waals surface area contributed by atoms with Gasteiger partial charge in [-0.15, -0.1) is 0 Å². The highest BCUT2D eigenvalue weighted by atomic mass is 16.5. The summed E-state index contributed by atoms with van der Waals surface area (Å²) in [5, 5.41) is 0. The van der Waals surface area contributed by atoms with Gasteiger partial charge in [0.15, 0.2) is 0 Å².